The van der Waals surface area contributed by atoms with Gasteiger partial charge in [0, 0.05) is 5.39 Å². The van der Waals surface area contributed by atoms with E-state index in [1.165, 1.54) is 0 Å². The van der Waals surface area contributed by atoms with Crippen LogP contribution in [-0.2, 0) is 9.53 Å². The number of hydrogen-bond donors (Lipinski definition) is 1. The molecule has 0 radical (unpaired) electrons. The highest BCUT2D eigenvalue weighted by Crippen LogP contribution is 2.32. The van der Waals surface area contributed by atoms with Crippen molar-refractivity contribution < 1.29 is 19.1 Å². The van der Waals surface area contributed by atoms with E-state index in [0.717, 1.165) is 23.6 Å². The zero-order chi connectivity index (χ0) is 19.5. The Morgan fingerprint density at radius 3 is 2.46 bits per heavy atom. The molecule has 28 heavy (non-hydrogen) atoms. The van der Waals surface area contributed by atoms with Crippen molar-refractivity contribution >= 4 is 28.5 Å². The molecule has 4 rings (SSSR count). The fraction of sp³-hybridized carbons (Fsp3) is 0.136. The zero-order valence-corrected chi connectivity index (χ0v) is 14.8. The van der Waals surface area contributed by atoms with Crippen LogP contribution in [0.1, 0.15) is 18.4 Å². The van der Waals surface area contributed by atoms with E-state index in [0.29, 0.717) is 22.7 Å². The molecule has 1 amide bonds. The van der Waals surface area contributed by atoms with E-state index in [-0.39, 0.29) is 5.92 Å². The zero-order valence-electron chi connectivity index (χ0n) is 14.8. The molecule has 0 spiro atoms. The quantitative estimate of drug-likeness (QED) is 0.515. The van der Waals surface area contributed by atoms with E-state index in [1.54, 1.807) is 36.4 Å². The van der Waals surface area contributed by atoms with E-state index in [4.69, 9.17) is 14.7 Å². The van der Waals surface area contributed by atoms with Gasteiger partial charge in [-0.2, -0.15) is 5.26 Å². The third kappa shape index (κ3) is 3.94. The Balaban J connectivity index is 1.55. The minimum absolute atomic E-state index is 0.148. The lowest BCUT2D eigenvalue weighted by atomic mass is 10.1. The first-order valence-electron chi connectivity index (χ1n) is 8.86. The number of carbonyl (C=O) groups is 2. The number of rotatable bonds is 4. The SMILES string of the molecule is N#Cc1ccc(Oc2ccc3cccc(NC(=O)OC(=O)C4CC4)c3c2)cc1. The number of esters is 1. The molecule has 1 N–H and O–H groups in total. The lowest BCUT2D eigenvalue weighted by Crippen LogP contribution is -2.19. The van der Waals surface area contributed by atoms with E-state index >= 15 is 0 Å². The highest BCUT2D eigenvalue weighted by Gasteiger charge is 2.32. The average molecular weight is 372 g/mol. The molecule has 0 aromatic heterocycles. The van der Waals surface area contributed by atoms with Gasteiger partial charge in [0.05, 0.1) is 23.2 Å². The first-order chi connectivity index (χ1) is 13.6. The lowest BCUT2D eigenvalue weighted by molar-refractivity contribution is -0.138. The van der Waals surface area contributed by atoms with Crippen LogP contribution in [0.2, 0.25) is 0 Å². The van der Waals surface area contributed by atoms with Crippen molar-refractivity contribution in [3.63, 3.8) is 0 Å². The molecule has 3 aromatic carbocycles. The third-order valence-corrected chi connectivity index (χ3v) is 4.41. The number of benzene rings is 3. The van der Waals surface area contributed by atoms with Crippen molar-refractivity contribution in [2.45, 2.75) is 12.8 Å². The maximum Gasteiger partial charge on any atom is 0.419 e. The van der Waals surface area contributed by atoms with Crippen LogP contribution in [0.3, 0.4) is 0 Å². The summed E-state index contributed by atoms with van der Waals surface area (Å²) in [5.74, 6) is 0.542. The molecule has 3 aromatic rings. The van der Waals surface area contributed by atoms with E-state index in [1.807, 2.05) is 24.3 Å². The molecule has 6 nitrogen and oxygen atoms in total. The first kappa shape index (κ1) is 17.6. The van der Waals surface area contributed by atoms with E-state index in [2.05, 4.69) is 11.4 Å². The van der Waals surface area contributed by atoms with Crippen molar-refractivity contribution in [3.8, 4) is 17.6 Å². The highest BCUT2D eigenvalue weighted by atomic mass is 16.6. The minimum atomic E-state index is -0.789. The number of amides is 1. The molecule has 1 saturated carbocycles. The summed E-state index contributed by atoms with van der Waals surface area (Å²) in [4.78, 5) is 23.7. The summed E-state index contributed by atoms with van der Waals surface area (Å²) in [7, 11) is 0. The van der Waals surface area contributed by atoms with Gasteiger partial charge in [-0.3, -0.25) is 10.1 Å². The van der Waals surface area contributed by atoms with Gasteiger partial charge in [0.1, 0.15) is 11.5 Å². The third-order valence-electron chi connectivity index (χ3n) is 4.41. The molecule has 1 aliphatic rings. The fourth-order valence-corrected chi connectivity index (χ4v) is 2.79. The first-order valence-corrected chi connectivity index (χ1v) is 8.86. The predicted molar refractivity (Wildman–Crippen MR) is 103 cm³/mol. The van der Waals surface area contributed by atoms with E-state index in [9.17, 15) is 9.59 Å². The Bertz CT molecular complexity index is 1100. The van der Waals surface area contributed by atoms with Crippen molar-refractivity contribution in [1.29, 1.82) is 5.26 Å². The largest absolute Gasteiger partial charge is 0.457 e. The summed E-state index contributed by atoms with van der Waals surface area (Å²) in [5, 5.41) is 13.2. The Labute approximate surface area is 161 Å². The predicted octanol–water partition coefficient (Wildman–Crippen LogP) is 4.99. The molecular formula is C22H16N2O4. The van der Waals surface area contributed by atoms with Crippen LogP contribution < -0.4 is 10.1 Å². The van der Waals surface area contributed by atoms with Crippen LogP contribution in [0.25, 0.3) is 10.8 Å². The van der Waals surface area contributed by atoms with Crippen LogP contribution in [0.15, 0.2) is 60.7 Å². The monoisotopic (exact) mass is 372 g/mol. The van der Waals surface area contributed by atoms with Crippen molar-refractivity contribution in [2.75, 3.05) is 5.32 Å². The maximum atomic E-state index is 12.0. The fourth-order valence-electron chi connectivity index (χ4n) is 2.79. The molecule has 0 aliphatic heterocycles. The number of nitrogens with zero attached hydrogens (tertiary/aromatic N) is 1. The van der Waals surface area contributed by atoms with Gasteiger partial charge < -0.3 is 9.47 Å². The molecule has 0 unspecified atom stereocenters. The topological polar surface area (TPSA) is 88.4 Å². The van der Waals surface area contributed by atoms with Gasteiger partial charge >= 0.3 is 12.1 Å². The highest BCUT2D eigenvalue weighted by molar-refractivity contribution is 6.03. The summed E-state index contributed by atoms with van der Waals surface area (Å²) < 4.78 is 10.7. The van der Waals surface area contributed by atoms with Crippen molar-refractivity contribution in [2.24, 2.45) is 5.92 Å². The second-order valence-corrected chi connectivity index (χ2v) is 6.53. The Kier molecular flexibility index (Phi) is 4.65. The molecule has 1 aliphatic carbocycles. The summed E-state index contributed by atoms with van der Waals surface area (Å²) in [6.45, 7) is 0. The van der Waals surface area contributed by atoms with Gasteiger partial charge in [0.15, 0.2) is 0 Å². The van der Waals surface area contributed by atoms with E-state index < -0.39 is 12.1 Å². The van der Waals surface area contributed by atoms with Crippen molar-refractivity contribution in [1.82, 2.24) is 0 Å². The van der Waals surface area contributed by atoms with Gasteiger partial charge in [-0.1, -0.05) is 18.2 Å². The smallest absolute Gasteiger partial charge is 0.419 e. The number of hydrogen-bond acceptors (Lipinski definition) is 5. The standard InChI is InChI=1S/C22H16N2O4/c23-13-14-4-9-17(10-5-14)27-18-11-8-15-2-1-3-20(19(15)12-18)24-22(26)28-21(25)16-6-7-16/h1-5,8-12,16H,6-7H2,(H,24,26). The van der Waals surface area contributed by atoms with Gasteiger partial charge in [0.25, 0.3) is 0 Å². The molecular weight excluding hydrogens is 356 g/mol. The van der Waals surface area contributed by atoms with Crippen LogP contribution >= 0.6 is 0 Å². The molecule has 0 bridgehead atoms. The Hall–Kier alpha value is -3.85. The summed E-state index contributed by atoms with van der Waals surface area (Å²) >= 11 is 0. The molecule has 138 valence electrons. The lowest BCUT2D eigenvalue weighted by Gasteiger charge is -2.11. The normalized spacial score (nSPS) is 12.8. The molecule has 0 atom stereocenters. The van der Waals surface area contributed by atoms with Crippen LogP contribution in [0.4, 0.5) is 10.5 Å². The molecule has 1 fully saturated rings. The van der Waals surface area contributed by atoms with Gasteiger partial charge in [-0.05, 0) is 60.7 Å². The number of fused-ring (bicyclic) bond motifs is 1. The summed E-state index contributed by atoms with van der Waals surface area (Å²) in [6, 6.07) is 19.8. The van der Waals surface area contributed by atoms with Crippen LogP contribution in [0, 0.1) is 17.2 Å². The molecule has 6 heteroatoms. The molecule has 0 heterocycles. The summed E-state index contributed by atoms with van der Waals surface area (Å²) in [6.07, 6.45) is 0.759. The second kappa shape index (κ2) is 7.41. The average Bonchev–Trinajstić information content (AvgIpc) is 3.54. The van der Waals surface area contributed by atoms with Crippen LogP contribution in [-0.4, -0.2) is 12.1 Å². The Morgan fingerprint density at radius 2 is 1.75 bits per heavy atom. The van der Waals surface area contributed by atoms with Gasteiger partial charge in [-0.15, -0.1) is 0 Å². The number of anilines is 1. The van der Waals surface area contributed by atoms with Gasteiger partial charge in [0.2, 0.25) is 0 Å². The minimum Gasteiger partial charge on any atom is -0.457 e. The second-order valence-electron chi connectivity index (χ2n) is 6.53. The summed E-state index contributed by atoms with van der Waals surface area (Å²) in [5.41, 5.74) is 1.08. The number of carbonyl (C=O) groups excluding carboxylic acids is 2. The number of ether oxygens (including phenoxy) is 2. The van der Waals surface area contributed by atoms with Crippen molar-refractivity contribution in [3.05, 3.63) is 66.2 Å². The number of nitrogens with one attached hydrogen (secondary N) is 1. The van der Waals surface area contributed by atoms with Gasteiger partial charge in [-0.25, -0.2) is 4.79 Å². The Morgan fingerprint density at radius 1 is 1.00 bits per heavy atom. The molecule has 0 saturated heterocycles. The number of nitriles is 1. The maximum absolute atomic E-state index is 12.0. The van der Waals surface area contributed by atoms with Crippen LogP contribution in [0.5, 0.6) is 11.5 Å².